The van der Waals surface area contributed by atoms with Crippen molar-refractivity contribution in [2.24, 2.45) is 0 Å². The molecule has 5 rings (SSSR count). The van der Waals surface area contributed by atoms with E-state index >= 15 is 0 Å². The lowest BCUT2D eigenvalue weighted by atomic mass is 9.89. The highest BCUT2D eigenvalue weighted by Crippen LogP contribution is 2.40. The minimum atomic E-state index is -0.659. The Morgan fingerprint density at radius 2 is 1.66 bits per heavy atom. The first kappa shape index (κ1) is 29.2. The van der Waals surface area contributed by atoms with E-state index in [9.17, 15) is 18.4 Å². The zero-order valence-corrected chi connectivity index (χ0v) is 24.7. The van der Waals surface area contributed by atoms with E-state index in [1.54, 1.807) is 24.1 Å². The number of Topliss-reactive ketones (excluding diaryl/α,β-unsaturated/α-hetero) is 1. The van der Waals surface area contributed by atoms with E-state index in [1.807, 2.05) is 37.4 Å². The van der Waals surface area contributed by atoms with Crippen molar-refractivity contribution in [3.8, 4) is 16.9 Å². The maximum Gasteiger partial charge on any atom is 0.266 e. The highest BCUT2D eigenvalue weighted by Gasteiger charge is 2.33. The number of nitrogens with zero attached hydrogens (tertiary/aromatic N) is 1. The van der Waals surface area contributed by atoms with Crippen molar-refractivity contribution in [2.45, 2.75) is 51.2 Å². The first-order valence-corrected chi connectivity index (χ1v) is 14.7. The van der Waals surface area contributed by atoms with Gasteiger partial charge in [0, 0.05) is 29.8 Å². The molecule has 41 heavy (non-hydrogen) atoms. The van der Waals surface area contributed by atoms with Gasteiger partial charge in [0.15, 0.2) is 5.78 Å². The Bertz CT molecular complexity index is 1600. The number of carbonyl (C=O) groups excluding carboxylic acids is 2. The fourth-order valence-electron chi connectivity index (χ4n) is 5.57. The maximum absolute atomic E-state index is 14.7. The monoisotopic (exact) mass is 596 g/mol. The molecule has 0 bridgehead atoms. The van der Waals surface area contributed by atoms with Crippen LogP contribution in [0.3, 0.4) is 0 Å². The SMILES string of the molecule is CNC1CCC(N(Cc2cc(-c3ccc(C(C)=O)cc3)ccc2OC)C(=O)c2sc3c(F)ccc(F)c3c2Cl)CC1. The lowest BCUT2D eigenvalue weighted by molar-refractivity contribution is 0.0604. The molecule has 9 heteroatoms. The summed E-state index contributed by atoms with van der Waals surface area (Å²) in [7, 11) is 3.52. The number of nitrogens with one attached hydrogen (secondary N) is 1. The fraction of sp³-hybridized carbons (Fsp3) is 0.312. The molecule has 1 aromatic heterocycles. The molecule has 0 spiro atoms. The van der Waals surface area contributed by atoms with Crippen LogP contribution < -0.4 is 10.1 Å². The molecule has 0 aliphatic heterocycles. The Morgan fingerprint density at radius 1 is 1.00 bits per heavy atom. The standard InChI is InChI=1S/C32H31ClF2N2O3S/c1-18(38)19-4-6-20(7-5-19)21-8-15-27(40-3)22(16-21)17-37(24-11-9-23(36-2)10-12-24)32(39)31-29(33)28-25(34)13-14-26(35)30(28)41-31/h4-8,13-16,23-24,36H,9-12,17H2,1-3H3. The van der Waals surface area contributed by atoms with Crippen LogP contribution in [0.4, 0.5) is 8.78 Å². The smallest absolute Gasteiger partial charge is 0.266 e. The van der Waals surface area contributed by atoms with Crippen molar-refractivity contribution >= 4 is 44.7 Å². The van der Waals surface area contributed by atoms with Gasteiger partial charge in [0.25, 0.3) is 5.91 Å². The molecule has 5 nitrogen and oxygen atoms in total. The van der Waals surface area contributed by atoms with Gasteiger partial charge < -0.3 is 15.0 Å². The maximum atomic E-state index is 14.7. The quantitative estimate of drug-likeness (QED) is 0.210. The molecule has 0 saturated heterocycles. The summed E-state index contributed by atoms with van der Waals surface area (Å²) >= 11 is 7.44. The largest absolute Gasteiger partial charge is 0.496 e. The van der Waals surface area contributed by atoms with Crippen LogP contribution in [-0.2, 0) is 6.54 Å². The van der Waals surface area contributed by atoms with Gasteiger partial charge in [-0.25, -0.2) is 8.78 Å². The summed E-state index contributed by atoms with van der Waals surface area (Å²) in [6.45, 7) is 1.76. The predicted octanol–water partition coefficient (Wildman–Crippen LogP) is 7.88. The van der Waals surface area contributed by atoms with Crippen LogP contribution in [0.2, 0.25) is 5.02 Å². The number of ketones is 1. The molecule has 1 aliphatic carbocycles. The highest BCUT2D eigenvalue weighted by molar-refractivity contribution is 7.21. The first-order valence-electron chi connectivity index (χ1n) is 13.5. The molecule has 4 aromatic rings. The van der Waals surface area contributed by atoms with Crippen LogP contribution in [0.5, 0.6) is 5.75 Å². The Kier molecular flexibility index (Phi) is 8.73. The van der Waals surface area contributed by atoms with Gasteiger partial charge in [-0.05, 0) is 75.0 Å². The molecule has 1 heterocycles. The van der Waals surface area contributed by atoms with Crippen molar-refractivity contribution in [3.05, 3.63) is 87.3 Å². The molecule has 1 N–H and O–H groups in total. The molecule has 1 aliphatic rings. The summed E-state index contributed by atoms with van der Waals surface area (Å²) in [6, 6.07) is 15.5. The zero-order valence-electron chi connectivity index (χ0n) is 23.1. The van der Waals surface area contributed by atoms with Crippen LogP contribution in [0.25, 0.3) is 21.2 Å². The molecular formula is C32H31ClF2N2O3S. The molecule has 1 fully saturated rings. The third kappa shape index (κ3) is 5.87. The summed E-state index contributed by atoms with van der Waals surface area (Å²) in [5.41, 5.74) is 3.25. The number of rotatable bonds is 8. The third-order valence-corrected chi connectivity index (χ3v) is 9.60. The van der Waals surface area contributed by atoms with Crippen molar-refractivity contribution in [3.63, 3.8) is 0 Å². The van der Waals surface area contributed by atoms with Crippen LogP contribution >= 0.6 is 22.9 Å². The van der Waals surface area contributed by atoms with E-state index in [4.69, 9.17) is 16.3 Å². The summed E-state index contributed by atoms with van der Waals surface area (Å²) in [6.07, 6.45) is 3.34. The Morgan fingerprint density at radius 3 is 2.27 bits per heavy atom. The van der Waals surface area contributed by atoms with Crippen molar-refractivity contribution in [2.75, 3.05) is 14.2 Å². The zero-order chi connectivity index (χ0) is 29.3. The van der Waals surface area contributed by atoms with Crippen LogP contribution in [0, 0.1) is 11.6 Å². The van der Waals surface area contributed by atoms with Gasteiger partial charge in [-0.2, -0.15) is 0 Å². The molecule has 3 aromatic carbocycles. The van der Waals surface area contributed by atoms with Crippen molar-refractivity contribution in [1.82, 2.24) is 10.2 Å². The number of fused-ring (bicyclic) bond motifs is 1. The summed E-state index contributed by atoms with van der Waals surface area (Å²) in [5.74, 6) is -1.02. The van der Waals surface area contributed by atoms with Gasteiger partial charge in [-0.15, -0.1) is 11.3 Å². The van der Waals surface area contributed by atoms with Gasteiger partial charge in [0.1, 0.15) is 22.3 Å². The second-order valence-corrected chi connectivity index (χ2v) is 11.8. The predicted molar refractivity (Wildman–Crippen MR) is 160 cm³/mol. The topological polar surface area (TPSA) is 58.6 Å². The lowest BCUT2D eigenvalue weighted by Crippen LogP contribution is -2.44. The number of methoxy groups -OCH3 is 1. The summed E-state index contributed by atoms with van der Waals surface area (Å²) in [4.78, 5) is 27.8. The Hall–Kier alpha value is -3.33. The van der Waals surface area contributed by atoms with Crippen LogP contribution in [0.1, 0.15) is 58.2 Å². The fourth-order valence-corrected chi connectivity index (χ4v) is 7.08. The van der Waals surface area contributed by atoms with Crippen LogP contribution in [0.15, 0.2) is 54.6 Å². The van der Waals surface area contributed by atoms with E-state index in [0.717, 1.165) is 65.8 Å². The van der Waals surface area contributed by atoms with Gasteiger partial charge in [0.2, 0.25) is 0 Å². The molecule has 214 valence electrons. The normalized spacial score (nSPS) is 17.0. The second kappa shape index (κ2) is 12.3. The Labute approximate surface area is 247 Å². The number of thiophene rings is 1. The van der Waals surface area contributed by atoms with Crippen molar-refractivity contribution < 1.29 is 23.1 Å². The van der Waals surface area contributed by atoms with E-state index in [-0.39, 0.29) is 44.3 Å². The molecule has 0 radical (unpaired) electrons. The minimum absolute atomic E-state index is 0.00576. The lowest BCUT2D eigenvalue weighted by Gasteiger charge is -2.37. The molecule has 0 unspecified atom stereocenters. The number of benzene rings is 3. The average molecular weight is 597 g/mol. The minimum Gasteiger partial charge on any atom is -0.496 e. The number of carbonyl (C=O) groups is 2. The van der Waals surface area contributed by atoms with Gasteiger partial charge >= 0.3 is 0 Å². The second-order valence-electron chi connectivity index (χ2n) is 10.4. The molecule has 1 saturated carbocycles. The van der Waals surface area contributed by atoms with E-state index in [1.165, 1.54) is 6.92 Å². The van der Waals surface area contributed by atoms with E-state index in [0.29, 0.717) is 17.4 Å². The number of halogens is 3. The summed E-state index contributed by atoms with van der Waals surface area (Å²) < 4.78 is 35.0. The number of hydrogen-bond donors (Lipinski definition) is 1. The molecule has 0 atom stereocenters. The highest BCUT2D eigenvalue weighted by atomic mass is 35.5. The van der Waals surface area contributed by atoms with E-state index < -0.39 is 11.6 Å². The van der Waals surface area contributed by atoms with Crippen molar-refractivity contribution in [1.29, 1.82) is 0 Å². The first-order chi connectivity index (χ1) is 19.7. The average Bonchev–Trinajstić information content (AvgIpc) is 3.35. The van der Waals surface area contributed by atoms with Gasteiger partial charge in [-0.1, -0.05) is 41.9 Å². The number of hydrogen-bond acceptors (Lipinski definition) is 5. The number of amides is 1. The van der Waals surface area contributed by atoms with Gasteiger partial charge in [0.05, 0.1) is 22.2 Å². The van der Waals surface area contributed by atoms with Crippen LogP contribution in [-0.4, -0.2) is 42.8 Å². The van der Waals surface area contributed by atoms with E-state index in [2.05, 4.69) is 5.32 Å². The van der Waals surface area contributed by atoms with Gasteiger partial charge in [-0.3, -0.25) is 9.59 Å². The third-order valence-electron chi connectivity index (χ3n) is 7.93. The Balaban J connectivity index is 1.54. The molecule has 1 amide bonds. The molecular weight excluding hydrogens is 566 g/mol. The number of ether oxygens (including phenoxy) is 1. The summed E-state index contributed by atoms with van der Waals surface area (Å²) in [5, 5.41) is 3.20.